The summed E-state index contributed by atoms with van der Waals surface area (Å²) in [6, 6.07) is -0.966. The highest BCUT2D eigenvalue weighted by molar-refractivity contribution is 5.76. The number of hydrogen-bond donors (Lipinski definition) is 12. The number of nitrogens with one attached hydrogen (secondary N) is 1. The Hall–Kier alpha value is -1.99. The van der Waals surface area contributed by atoms with Gasteiger partial charge in [0.25, 0.3) is 0 Å². The summed E-state index contributed by atoms with van der Waals surface area (Å²) in [6.07, 6.45) is 38.4. The van der Waals surface area contributed by atoms with E-state index in [-0.39, 0.29) is 18.9 Å². The van der Waals surface area contributed by atoms with Gasteiger partial charge >= 0.3 is 0 Å². The molecule has 0 aromatic rings. The lowest BCUT2D eigenvalue weighted by Crippen LogP contribution is -2.66. The largest absolute Gasteiger partial charge is 0.394 e. The van der Waals surface area contributed by atoms with Crippen LogP contribution in [-0.4, -0.2) is 193 Å². The monoisotopic (exact) mass is 1300 g/mol. The van der Waals surface area contributed by atoms with E-state index in [1.54, 1.807) is 6.08 Å². The molecule has 3 heterocycles. The first kappa shape index (κ1) is 83.2. The van der Waals surface area contributed by atoms with Crippen molar-refractivity contribution in [2.45, 2.75) is 388 Å². The zero-order valence-corrected chi connectivity index (χ0v) is 56.6. The molecule has 0 aromatic carbocycles. The van der Waals surface area contributed by atoms with Crippen molar-refractivity contribution in [2.24, 2.45) is 0 Å². The predicted molar refractivity (Wildman–Crippen MR) is 356 cm³/mol. The highest BCUT2D eigenvalue weighted by Gasteiger charge is 2.53. The molecular formula is C72H133NO18. The molecule has 1 amide bonds. The molecule has 3 saturated heterocycles. The summed E-state index contributed by atoms with van der Waals surface area (Å²) < 4.78 is 34.1. The standard InChI is InChI=1S/C72H133NO18/c1-3-5-7-9-10-11-12-13-14-15-16-17-18-19-20-21-22-23-24-25-26-27-28-29-30-31-32-33-34-35-36-37-38-39-40-41-42-43-44-46-48-50-60(78)73-55(56(77)49-47-45-8-6-4-2)54-86-70-66(84)63(81)68(58(52-75)88-70)91-72-67(85)64(82)69(59(53-76)89-72)90-71-65(83)62(80)61(79)57(51-74)87-71/h12-13,15-16,47,49,55-59,61-72,74-77,79-85H,3-11,14,17-46,48,50-54H2,1-2H3,(H,73,78)/b13-12-,16-15-,49-47+. The van der Waals surface area contributed by atoms with Gasteiger partial charge in [-0.2, -0.15) is 0 Å². The van der Waals surface area contributed by atoms with E-state index in [1.165, 1.54) is 205 Å². The van der Waals surface area contributed by atoms with Crippen molar-refractivity contribution < 1.29 is 89.4 Å². The molecule has 0 radical (unpaired) electrons. The van der Waals surface area contributed by atoms with Crippen LogP contribution in [0.4, 0.5) is 0 Å². The summed E-state index contributed by atoms with van der Waals surface area (Å²) in [5, 5.41) is 120. The number of rotatable bonds is 57. The van der Waals surface area contributed by atoms with E-state index in [0.717, 1.165) is 51.4 Å². The fraction of sp³-hybridized carbons (Fsp3) is 0.903. The van der Waals surface area contributed by atoms with Gasteiger partial charge in [0.1, 0.15) is 73.2 Å². The molecule has 3 aliphatic heterocycles. The molecule has 12 N–H and O–H groups in total. The van der Waals surface area contributed by atoms with Crippen LogP contribution in [0.1, 0.15) is 284 Å². The molecule has 0 bridgehead atoms. The summed E-state index contributed by atoms with van der Waals surface area (Å²) in [5.74, 6) is -0.279. The number of aliphatic hydroxyl groups excluding tert-OH is 11. The van der Waals surface area contributed by atoms with Crippen LogP contribution in [0.15, 0.2) is 36.5 Å². The van der Waals surface area contributed by atoms with Crippen LogP contribution >= 0.6 is 0 Å². The molecule has 19 nitrogen and oxygen atoms in total. The third-order valence-corrected chi connectivity index (χ3v) is 18.4. The smallest absolute Gasteiger partial charge is 0.220 e. The lowest BCUT2D eigenvalue weighted by molar-refractivity contribution is -0.379. The van der Waals surface area contributed by atoms with Crippen molar-refractivity contribution >= 4 is 5.91 Å². The van der Waals surface area contributed by atoms with Gasteiger partial charge in [-0.15, -0.1) is 0 Å². The van der Waals surface area contributed by atoms with Crippen LogP contribution in [0.2, 0.25) is 0 Å². The van der Waals surface area contributed by atoms with Crippen molar-refractivity contribution in [1.29, 1.82) is 0 Å². The van der Waals surface area contributed by atoms with E-state index in [4.69, 9.17) is 28.4 Å². The minimum Gasteiger partial charge on any atom is -0.394 e. The van der Waals surface area contributed by atoms with Crippen LogP contribution in [0, 0.1) is 0 Å². The summed E-state index contributed by atoms with van der Waals surface area (Å²) in [5.41, 5.74) is 0. The summed E-state index contributed by atoms with van der Waals surface area (Å²) >= 11 is 0. The van der Waals surface area contributed by atoms with Gasteiger partial charge in [-0.25, -0.2) is 0 Å². The number of unbranched alkanes of at least 4 members (excludes halogenated alkanes) is 37. The Morgan fingerprint density at radius 1 is 0.396 bits per heavy atom. The molecule has 0 spiro atoms. The van der Waals surface area contributed by atoms with Crippen molar-refractivity contribution in [3.8, 4) is 0 Å². The maximum absolute atomic E-state index is 13.3. The summed E-state index contributed by atoms with van der Waals surface area (Å²) in [4.78, 5) is 13.3. The van der Waals surface area contributed by atoms with E-state index >= 15 is 0 Å². The van der Waals surface area contributed by atoms with Crippen LogP contribution in [0.25, 0.3) is 0 Å². The summed E-state index contributed by atoms with van der Waals surface area (Å²) in [6.45, 7) is 1.60. The van der Waals surface area contributed by atoms with Crippen LogP contribution in [0.5, 0.6) is 0 Å². The van der Waals surface area contributed by atoms with Crippen molar-refractivity contribution in [1.82, 2.24) is 5.32 Å². The molecule has 17 atom stereocenters. The average Bonchev–Trinajstić information content (AvgIpc) is 0.840. The Morgan fingerprint density at radius 2 is 0.725 bits per heavy atom. The minimum absolute atomic E-state index is 0.246. The van der Waals surface area contributed by atoms with Gasteiger partial charge in [0, 0.05) is 6.42 Å². The second kappa shape index (κ2) is 54.1. The third kappa shape index (κ3) is 35.7. The maximum atomic E-state index is 13.3. The lowest BCUT2D eigenvalue weighted by atomic mass is 9.96. The first-order chi connectivity index (χ1) is 44.3. The Kier molecular flexibility index (Phi) is 49.5. The molecule has 0 aromatic heterocycles. The molecular weight excluding hydrogens is 1170 g/mol. The molecule has 91 heavy (non-hydrogen) atoms. The van der Waals surface area contributed by atoms with E-state index in [1.807, 2.05) is 6.08 Å². The molecule has 0 aliphatic carbocycles. The van der Waals surface area contributed by atoms with Gasteiger partial charge in [-0.05, 0) is 51.4 Å². The average molecular weight is 1300 g/mol. The fourth-order valence-corrected chi connectivity index (χ4v) is 12.5. The number of carbonyl (C=O) groups is 1. The van der Waals surface area contributed by atoms with Gasteiger partial charge in [0.2, 0.25) is 5.91 Å². The molecule has 3 fully saturated rings. The van der Waals surface area contributed by atoms with Gasteiger partial charge in [0.15, 0.2) is 18.9 Å². The quantitative estimate of drug-likeness (QED) is 0.0199. The zero-order chi connectivity index (χ0) is 66.1. The van der Waals surface area contributed by atoms with Crippen molar-refractivity contribution in [3.05, 3.63) is 36.5 Å². The second-order valence-corrected chi connectivity index (χ2v) is 26.4. The maximum Gasteiger partial charge on any atom is 0.220 e. The fourth-order valence-electron chi connectivity index (χ4n) is 12.5. The first-order valence-electron chi connectivity index (χ1n) is 36.7. The van der Waals surface area contributed by atoms with Crippen LogP contribution in [0.3, 0.4) is 0 Å². The highest BCUT2D eigenvalue weighted by atomic mass is 16.8. The lowest BCUT2D eigenvalue weighted by Gasteiger charge is -2.48. The summed E-state index contributed by atoms with van der Waals surface area (Å²) in [7, 11) is 0. The third-order valence-electron chi connectivity index (χ3n) is 18.4. The van der Waals surface area contributed by atoms with E-state index < -0.39 is 124 Å². The normalized spacial score (nSPS) is 28.0. The Balaban J connectivity index is 1.19. The first-order valence-corrected chi connectivity index (χ1v) is 36.7. The van der Waals surface area contributed by atoms with Crippen molar-refractivity contribution in [2.75, 3.05) is 26.4 Å². The number of ether oxygens (including phenoxy) is 6. The van der Waals surface area contributed by atoms with E-state index in [0.29, 0.717) is 6.42 Å². The van der Waals surface area contributed by atoms with Gasteiger partial charge in [-0.3, -0.25) is 4.79 Å². The van der Waals surface area contributed by atoms with Crippen molar-refractivity contribution in [3.63, 3.8) is 0 Å². The molecule has 19 heteroatoms. The number of aliphatic hydroxyl groups is 11. The van der Waals surface area contributed by atoms with Gasteiger partial charge in [0.05, 0.1) is 38.6 Å². The number of hydrogen-bond acceptors (Lipinski definition) is 18. The molecule has 17 unspecified atom stereocenters. The highest BCUT2D eigenvalue weighted by Crippen LogP contribution is 2.33. The number of amides is 1. The second-order valence-electron chi connectivity index (χ2n) is 26.4. The van der Waals surface area contributed by atoms with E-state index in [2.05, 4.69) is 43.5 Å². The Labute approximate surface area is 549 Å². The SMILES string of the molecule is CCCCC/C=C/C(O)C(COC1OC(CO)C(OC2OC(CO)C(OC3OC(CO)C(O)C(O)C3O)C(O)C2O)C(O)C1O)NC(=O)CCCCCCCCCCCCCCCCCCCCCCCCCCCCCCC/C=C\C/C=C\CCCCCCC. The Bertz CT molecular complexity index is 1790. The number of allylic oxidation sites excluding steroid dienone is 5. The predicted octanol–water partition coefficient (Wildman–Crippen LogP) is 10.4. The molecule has 0 saturated carbocycles. The van der Waals surface area contributed by atoms with Gasteiger partial charge < -0.3 is 89.9 Å². The van der Waals surface area contributed by atoms with Crippen LogP contribution in [-0.2, 0) is 33.2 Å². The topological polar surface area (TPSA) is 307 Å². The number of carbonyl (C=O) groups excluding carboxylic acids is 1. The Morgan fingerprint density at radius 3 is 1.14 bits per heavy atom. The molecule has 534 valence electrons. The van der Waals surface area contributed by atoms with Gasteiger partial charge in [-0.1, -0.05) is 262 Å². The zero-order valence-electron chi connectivity index (χ0n) is 56.6. The molecule has 3 aliphatic rings. The van der Waals surface area contributed by atoms with E-state index in [9.17, 15) is 61.0 Å². The minimum atomic E-state index is -1.97. The molecule has 3 rings (SSSR count). The van der Waals surface area contributed by atoms with Crippen LogP contribution < -0.4 is 5.32 Å².